The number of carbonyl (C=O) groups is 2. The van der Waals surface area contributed by atoms with Crippen LogP contribution in [0.15, 0.2) is 97.1 Å². The smallest absolute Gasteiger partial charge is 0.178 e. The molecular formula is C24H20O2. The highest BCUT2D eigenvalue weighted by Crippen LogP contribution is 2.30. The third kappa shape index (κ3) is 3.70. The Bertz CT molecular complexity index is 859. The zero-order valence-electron chi connectivity index (χ0n) is 14.6. The summed E-state index contributed by atoms with van der Waals surface area (Å²) in [6.07, 6.45) is 1.86. The Morgan fingerprint density at radius 2 is 0.962 bits per heavy atom. The molecule has 0 aromatic heterocycles. The van der Waals surface area contributed by atoms with Crippen molar-refractivity contribution in [1.82, 2.24) is 0 Å². The molecule has 0 radical (unpaired) electrons. The summed E-state index contributed by atoms with van der Waals surface area (Å²) in [7, 11) is 0. The lowest BCUT2D eigenvalue weighted by Gasteiger charge is -2.19. The van der Waals surface area contributed by atoms with Gasteiger partial charge in [-0.05, 0) is 18.1 Å². The molecule has 0 N–H and O–H groups in total. The fourth-order valence-electron chi connectivity index (χ4n) is 3.07. The topological polar surface area (TPSA) is 34.1 Å². The van der Waals surface area contributed by atoms with Crippen LogP contribution >= 0.6 is 0 Å². The third-order valence-corrected chi connectivity index (χ3v) is 4.37. The molecule has 2 nitrogen and oxygen atoms in total. The molecule has 3 rings (SSSR count). The predicted octanol–water partition coefficient (Wildman–Crippen LogP) is 5.47. The van der Waals surface area contributed by atoms with Crippen molar-refractivity contribution in [3.63, 3.8) is 0 Å². The number of hydrogen-bond acceptors (Lipinski definition) is 2. The van der Waals surface area contributed by atoms with E-state index in [1.807, 2.05) is 79.7 Å². The summed E-state index contributed by atoms with van der Waals surface area (Å²) in [6.45, 7) is 1.87. The number of Topliss-reactive ketones (excluding diaryl/α,β-unsaturated/α-hetero) is 2. The maximum absolute atomic E-state index is 13.3. The number of rotatable bonds is 6. The number of carbonyl (C=O) groups excluding carboxylic acids is 2. The molecular weight excluding hydrogens is 320 g/mol. The Kier molecular flexibility index (Phi) is 5.55. The van der Waals surface area contributed by atoms with E-state index in [0.29, 0.717) is 11.1 Å². The molecule has 0 aliphatic carbocycles. The van der Waals surface area contributed by atoms with Crippen LogP contribution in [0, 0.1) is 5.92 Å². The number of hydrogen-bond donors (Lipinski definition) is 0. The summed E-state index contributed by atoms with van der Waals surface area (Å²) < 4.78 is 0. The van der Waals surface area contributed by atoms with Gasteiger partial charge in [0, 0.05) is 11.1 Å². The molecule has 0 unspecified atom stereocenters. The molecule has 3 aromatic rings. The van der Waals surface area contributed by atoms with Crippen LogP contribution in [0.4, 0.5) is 0 Å². The van der Waals surface area contributed by atoms with E-state index < -0.39 is 5.92 Å². The Morgan fingerprint density at radius 3 is 1.31 bits per heavy atom. The van der Waals surface area contributed by atoms with Gasteiger partial charge in [0.15, 0.2) is 11.6 Å². The van der Waals surface area contributed by atoms with E-state index in [4.69, 9.17) is 0 Å². The number of benzene rings is 3. The summed E-state index contributed by atoms with van der Waals surface area (Å²) in [5, 5.41) is 0. The van der Waals surface area contributed by atoms with Crippen molar-refractivity contribution in [2.45, 2.75) is 6.92 Å². The van der Waals surface area contributed by atoms with Gasteiger partial charge in [-0.15, -0.1) is 0 Å². The fourth-order valence-corrected chi connectivity index (χ4v) is 3.07. The molecule has 0 heterocycles. The predicted molar refractivity (Wildman–Crippen MR) is 105 cm³/mol. The van der Waals surface area contributed by atoms with Crippen LogP contribution < -0.4 is 0 Å². The monoisotopic (exact) mass is 340 g/mol. The van der Waals surface area contributed by atoms with Gasteiger partial charge in [-0.2, -0.15) is 0 Å². The lowest BCUT2D eigenvalue weighted by molar-refractivity contribution is 0.0847. The van der Waals surface area contributed by atoms with Crippen molar-refractivity contribution in [2.75, 3.05) is 0 Å². The van der Waals surface area contributed by atoms with Crippen molar-refractivity contribution < 1.29 is 9.59 Å². The highest BCUT2D eigenvalue weighted by molar-refractivity contribution is 6.22. The van der Waals surface area contributed by atoms with Gasteiger partial charge in [-0.3, -0.25) is 9.59 Å². The second-order valence-corrected chi connectivity index (χ2v) is 6.00. The van der Waals surface area contributed by atoms with Crippen LogP contribution in [-0.2, 0) is 0 Å². The Morgan fingerprint density at radius 1 is 0.615 bits per heavy atom. The van der Waals surface area contributed by atoms with Crippen molar-refractivity contribution in [3.05, 3.63) is 114 Å². The molecule has 0 fully saturated rings. The number of allylic oxidation sites excluding steroid dienone is 2. The first-order valence-corrected chi connectivity index (χ1v) is 8.62. The molecule has 0 amide bonds. The van der Waals surface area contributed by atoms with Gasteiger partial charge in [0.2, 0.25) is 0 Å². The molecule has 0 bridgehead atoms. The summed E-state index contributed by atoms with van der Waals surface area (Å²) in [4.78, 5) is 26.5. The first-order valence-electron chi connectivity index (χ1n) is 8.62. The Balaban J connectivity index is 2.10. The van der Waals surface area contributed by atoms with Crippen molar-refractivity contribution in [3.8, 4) is 0 Å². The Hall–Kier alpha value is -3.26. The van der Waals surface area contributed by atoms with Gasteiger partial charge in [-0.25, -0.2) is 0 Å². The standard InChI is InChI=1S/C24H20O2/c1-2-21(18-12-6-3-7-13-18)22(23(25)19-14-8-4-9-15-19)24(26)20-16-10-5-11-17-20/h2-17,22H,1H3/b21-2+. The van der Waals surface area contributed by atoms with Crippen LogP contribution in [0.25, 0.3) is 5.57 Å². The van der Waals surface area contributed by atoms with Crippen LogP contribution in [0.3, 0.4) is 0 Å². The quantitative estimate of drug-likeness (QED) is 0.440. The molecule has 0 aliphatic rings. The van der Waals surface area contributed by atoms with Crippen molar-refractivity contribution in [2.24, 2.45) is 5.92 Å². The van der Waals surface area contributed by atoms with Gasteiger partial charge in [-0.1, -0.05) is 97.1 Å². The maximum Gasteiger partial charge on any atom is 0.178 e. The minimum atomic E-state index is -0.868. The third-order valence-electron chi connectivity index (χ3n) is 4.37. The van der Waals surface area contributed by atoms with E-state index in [-0.39, 0.29) is 11.6 Å². The molecule has 2 heteroatoms. The van der Waals surface area contributed by atoms with E-state index in [0.717, 1.165) is 11.1 Å². The minimum Gasteiger partial charge on any atom is -0.293 e. The molecule has 26 heavy (non-hydrogen) atoms. The largest absolute Gasteiger partial charge is 0.293 e. The van der Waals surface area contributed by atoms with Crippen molar-refractivity contribution >= 4 is 17.1 Å². The highest BCUT2D eigenvalue weighted by atomic mass is 16.2. The van der Waals surface area contributed by atoms with Crippen LogP contribution in [-0.4, -0.2) is 11.6 Å². The molecule has 0 spiro atoms. The van der Waals surface area contributed by atoms with Gasteiger partial charge in [0.05, 0.1) is 0 Å². The zero-order valence-corrected chi connectivity index (χ0v) is 14.6. The summed E-state index contributed by atoms with van der Waals surface area (Å²) in [5.74, 6) is -1.24. The van der Waals surface area contributed by atoms with E-state index >= 15 is 0 Å². The van der Waals surface area contributed by atoms with Gasteiger partial charge >= 0.3 is 0 Å². The average Bonchev–Trinajstić information content (AvgIpc) is 2.73. The molecule has 128 valence electrons. The normalized spacial score (nSPS) is 11.4. The SMILES string of the molecule is C/C=C(\c1ccccc1)C(C(=O)c1ccccc1)C(=O)c1ccccc1. The van der Waals surface area contributed by atoms with E-state index in [9.17, 15) is 9.59 Å². The minimum absolute atomic E-state index is 0.184. The molecule has 3 aromatic carbocycles. The van der Waals surface area contributed by atoms with Gasteiger partial charge in [0.25, 0.3) is 0 Å². The highest BCUT2D eigenvalue weighted by Gasteiger charge is 2.32. The molecule has 0 saturated heterocycles. The van der Waals surface area contributed by atoms with Crippen LogP contribution in [0.5, 0.6) is 0 Å². The van der Waals surface area contributed by atoms with Gasteiger partial charge < -0.3 is 0 Å². The lowest BCUT2D eigenvalue weighted by Crippen LogP contribution is -2.26. The number of ketones is 2. The summed E-state index contributed by atoms with van der Waals surface area (Å²) in [6, 6.07) is 27.6. The molecule has 0 saturated carbocycles. The molecule has 0 atom stereocenters. The van der Waals surface area contributed by atoms with Crippen LogP contribution in [0.1, 0.15) is 33.2 Å². The first kappa shape index (κ1) is 17.6. The summed E-state index contributed by atoms with van der Waals surface area (Å²) in [5.41, 5.74) is 2.69. The average molecular weight is 340 g/mol. The van der Waals surface area contributed by atoms with Crippen molar-refractivity contribution in [1.29, 1.82) is 0 Å². The van der Waals surface area contributed by atoms with E-state index in [1.54, 1.807) is 24.3 Å². The zero-order chi connectivity index (χ0) is 18.4. The molecule has 0 aliphatic heterocycles. The van der Waals surface area contributed by atoms with E-state index in [1.165, 1.54) is 0 Å². The summed E-state index contributed by atoms with van der Waals surface area (Å²) >= 11 is 0. The lowest BCUT2D eigenvalue weighted by atomic mass is 9.81. The Labute approximate surface area is 153 Å². The second-order valence-electron chi connectivity index (χ2n) is 6.00. The fraction of sp³-hybridized carbons (Fsp3) is 0.0833. The second kappa shape index (κ2) is 8.21. The van der Waals surface area contributed by atoms with Crippen LogP contribution in [0.2, 0.25) is 0 Å². The first-order chi connectivity index (χ1) is 12.7. The van der Waals surface area contributed by atoms with Gasteiger partial charge in [0.1, 0.15) is 5.92 Å². The van der Waals surface area contributed by atoms with E-state index in [2.05, 4.69) is 0 Å². The maximum atomic E-state index is 13.3.